The van der Waals surface area contributed by atoms with E-state index in [4.69, 9.17) is 11.6 Å². The van der Waals surface area contributed by atoms with Crippen LogP contribution in [0, 0.1) is 0 Å². The van der Waals surface area contributed by atoms with Gasteiger partial charge in [0.25, 0.3) is 0 Å². The summed E-state index contributed by atoms with van der Waals surface area (Å²) in [4.78, 5) is 17.6. The molecule has 0 unspecified atom stereocenters. The molecule has 178 valence electrons. The summed E-state index contributed by atoms with van der Waals surface area (Å²) in [7, 11) is -1.31. The predicted molar refractivity (Wildman–Crippen MR) is 133 cm³/mol. The van der Waals surface area contributed by atoms with Crippen LogP contribution in [0.5, 0.6) is 0 Å². The minimum atomic E-state index is -3.42. The van der Waals surface area contributed by atoms with Crippen LogP contribution in [-0.2, 0) is 21.2 Å². The summed E-state index contributed by atoms with van der Waals surface area (Å²) < 4.78 is 26.9. The summed E-state index contributed by atoms with van der Waals surface area (Å²) in [5, 5.41) is 3.60. The molecule has 1 N–H and O–H groups in total. The molecule has 0 atom stereocenters. The van der Waals surface area contributed by atoms with Crippen molar-refractivity contribution in [3.63, 3.8) is 0 Å². The SMILES string of the molecule is CN1CCN(c2ccc(Cl)cc2NC(=O)CCc2ccc(S(=O)(=O)N3CCCC3)cc2)CC1. The number of hydrogen-bond donors (Lipinski definition) is 1. The Morgan fingerprint density at radius 1 is 0.970 bits per heavy atom. The third-order valence-electron chi connectivity index (χ3n) is 6.34. The van der Waals surface area contributed by atoms with Crippen LogP contribution in [0.3, 0.4) is 0 Å². The van der Waals surface area contributed by atoms with Gasteiger partial charge >= 0.3 is 0 Å². The number of likely N-dealkylation sites (N-methyl/N-ethyl adjacent to an activating group) is 1. The fourth-order valence-electron chi connectivity index (χ4n) is 4.31. The number of nitrogens with zero attached hydrogens (tertiary/aromatic N) is 3. The van der Waals surface area contributed by atoms with E-state index in [1.165, 1.54) is 0 Å². The quantitative estimate of drug-likeness (QED) is 0.643. The first-order chi connectivity index (χ1) is 15.8. The molecule has 1 amide bonds. The van der Waals surface area contributed by atoms with Crippen molar-refractivity contribution in [2.45, 2.75) is 30.6 Å². The van der Waals surface area contributed by atoms with E-state index in [2.05, 4.69) is 22.2 Å². The van der Waals surface area contributed by atoms with E-state index in [9.17, 15) is 13.2 Å². The lowest BCUT2D eigenvalue weighted by atomic mass is 10.1. The largest absolute Gasteiger partial charge is 0.367 e. The van der Waals surface area contributed by atoms with Crippen molar-refractivity contribution < 1.29 is 13.2 Å². The molecule has 2 heterocycles. The zero-order chi connectivity index (χ0) is 23.4. The number of hydrogen-bond acceptors (Lipinski definition) is 5. The van der Waals surface area contributed by atoms with Crippen molar-refractivity contribution in [1.82, 2.24) is 9.21 Å². The minimum absolute atomic E-state index is 0.0959. The fraction of sp³-hybridized carbons (Fsp3) is 0.458. The third-order valence-corrected chi connectivity index (χ3v) is 8.49. The Kier molecular flexibility index (Phi) is 7.58. The monoisotopic (exact) mass is 490 g/mol. The molecular weight excluding hydrogens is 460 g/mol. The summed E-state index contributed by atoms with van der Waals surface area (Å²) >= 11 is 6.20. The van der Waals surface area contributed by atoms with Crippen molar-refractivity contribution in [1.29, 1.82) is 0 Å². The zero-order valence-electron chi connectivity index (χ0n) is 19.0. The van der Waals surface area contributed by atoms with E-state index in [-0.39, 0.29) is 5.91 Å². The Morgan fingerprint density at radius 3 is 2.30 bits per heavy atom. The summed E-state index contributed by atoms with van der Waals surface area (Å²) in [6.07, 6.45) is 2.65. The lowest BCUT2D eigenvalue weighted by molar-refractivity contribution is -0.116. The molecule has 2 aromatic rings. The van der Waals surface area contributed by atoms with Crippen LogP contribution in [0.15, 0.2) is 47.4 Å². The summed E-state index contributed by atoms with van der Waals surface area (Å²) in [6.45, 7) is 4.91. The number of sulfonamides is 1. The lowest BCUT2D eigenvalue weighted by Crippen LogP contribution is -2.44. The van der Waals surface area contributed by atoms with Crippen LogP contribution in [0.4, 0.5) is 11.4 Å². The van der Waals surface area contributed by atoms with Gasteiger partial charge < -0.3 is 15.1 Å². The number of anilines is 2. The molecule has 0 aliphatic carbocycles. The van der Waals surface area contributed by atoms with Gasteiger partial charge in [0.1, 0.15) is 0 Å². The second-order valence-corrected chi connectivity index (χ2v) is 11.1. The van der Waals surface area contributed by atoms with Gasteiger partial charge in [0.05, 0.1) is 16.3 Å². The molecule has 0 spiro atoms. The third kappa shape index (κ3) is 5.87. The van der Waals surface area contributed by atoms with Crippen LogP contribution in [0.25, 0.3) is 0 Å². The molecule has 33 heavy (non-hydrogen) atoms. The molecule has 0 saturated carbocycles. The van der Waals surface area contributed by atoms with E-state index < -0.39 is 10.0 Å². The summed E-state index contributed by atoms with van der Waals surface area (Å²) in [6, 6.07) is 12.5. The minimum Gasteiger partial charge on any atom is -0.367 e. The Labute approximate surface area is 201 Å². The second-order valence-electron chi connectivity index (χ2n) is 8.76. The van der Waals surface area contributed by atoms with E-state index in [1.54, 1.807) is 34.6 Å². The molecule has 0 bridgehead atoms. The van der Waals surface area contributed by atoms with Gasteiger partial charge in [-0.25, -0.2) is 8.42 Å². The normalized spacial score (nSPS) is 17.9. The van der Waals surface area contributed by atoms with Crippen molar-refractivity contribution in [3.8, 4) is 0 Å². The molecule has 2 fully saturated rings. The molecule has 2 saturated heterocycles. The Morgan fingerprint density at radius 2 is 1.64 bits per heavy atom. The van der Waals surface area contributed by atoms with Crippen molar-refractivity contribution >= 4 is 38.9 Å². The highest BCUT2D eigenvalue weighted by Crippen LogP contribution is 2.30. The maximum Gasteiger partial charge on any atom is 0.243 e. The van der Waals surface area contributed by atoms with Gasteiger partial charge in [-0.2, -0.15) is 4.31 Å². The van der Waals surface area contributed by atoms with E-state index >= 15 is 0 Å². The topological polar surface area (TPSA) is 73.0 Å². The van der Waals surface area contributed by atoms with Gasteiger partial charge in [-0.1, -0.05) is 23.7 Å². The first-order valence-electron chi connectivity index (χ1n) is 11.4. The Bertz CT molecular complexity index is 1080. The van der Waals surface area contributed by atoms with Crippen molar-refractivity contribution in [2.24, 2.45) is 0 Å². The van der Waals surface area contributed by atoms with E-state index in [1.807, 2.05) is 12.1 Å². The highest BCUT2D eigenvalue weighted by Gasteiger charge is 2.27. The molecule has 0 aromatic heterocycles. The standard InChI is InChI=1S/C24H31ClN4O3S/c1-27-14-16-28(17-15-27)23-10-7-20(25)18-22(23)26-24(30)11-6-19-4-8-21(9-5-19)33(31,32)29-12-2-3-13-29/h4-5,7-10,18H,2-3,6,11-17H2,1H3,(H,26,30). The Balaban J connectivity index is 1.36. The highest BCUT2D eigenvalue weighted by molar-refractivity contribution is 7.89. The molecule has 2 aromatic carbocycles. The van der Waals surface area contributed by atoms with Crippen LogP contribution >= 0.6 is 11.6 Å². The summed E-state index contributed by atoms with van der Waals surface area (Å²) in [5.41, 5.74) is 2.64. The number of rotatable bonds is 7. The van der Waals surface area contributed by atoms with Crippen LogP contribution in [0.1, 0.15) is 24.8 Å². The first-order valence-corrected chi connectivity index (χ1v) is 13.3. The molecular formula is C24H31ClN4O3S. The van der Waals surface area contributed by atoms with Crippen molar-refractivity contribution in [3.05, 3.63) is 53.1 Å². The Hall–Kier alpha value is -2.13. The van der Waals surface area contributed by atoms with Gasteiger partial charge in [-0.15, -0.1) is 0 Å². The number of benzene rings is 2. The van der Waals surface area contributed by atoms with Gasteiger partial charge in [0.15, 0.2) is 0 Å². The van der Waals surface area contributed by atoms with E-state index in [0.717, 1.165) is 56.0 Å². The van der Waals surface area contributed by atoms with Crippen molar-refractivity contribution in [2.75, 3.05) is 56.5 Å². The predicted octanol–water partition coefficient (Wildman–Crippen LogP) is 3.45. The van der Waals surface area contributed by atoms with Crippen LogP contribution in [0.2, 0.25) is 5.02 Å². The number of halogens is 1. The lowest BCUT2D eigenvalue weighted by Gasteiger charge is -2.35. The number of amides is 1. The number of aryl methyl sites for hydroxylation is 1. The van der Waals surface area contributed by atoms with Crippen LogP contribution < -0.4 is 10.2 Å². The summed E-state index contributed by atoms with van der Waals surface area (Å²) in [5.74, 6) is -0.0959. The number of carbonyl (C=O) groups excluding carboxylic acids is 1. The van der Waals surface area contributed by atoms with Gasteiger partial charge in [0.2, 0.25) is 15.9 Å². The molecule has 4 rings (SSSR count). The zero-order valence-corrected chi connectivity index (χ0v) is 20.5. The van der Waals surface area contributed by atoms with Crippen LogP contribution in [-0.4, -0.2) is 69.8 Å². The highest BCUT2D eigenvalue weighted by atomic mass is 35.5. The first kappa shape index (κ1) is 24.0. The number of piperazine rings is 1. The van der Waals surface area contributed by atoms with E-state index in [0.29, 0.717) is 35.8 Å². The second kappa shape index (κ2) is 10.4. The number of nitrogens with one attached hydrogen (secondary N) is 1. The molecule has 9 heteroatoms. The van der Waals surface area contributed by atoms with Gasteiger partial charge in [-0.05, 0) is 62.2 Å². The van der Waals surface area contributed by atoms with Gasteiger partial charge in [-0.3, -0.25) is 4.79 Å². The molecule has 7 nitrogen and oxygen atoms in total. The van der Waals surface area contributed by atoms with Gasteiger partial charge in [0, 0.05) is 50.7 Å². The molecule has 2 aliphatic heterocycles. The smallest absolute Gasteiger partial charge is 0.243 e. The molecule has 0 radical (unpaired) electrons. The molecule has 2 aliphatic rings. The number of carbonyl (C=O) groups is 1. The average Bonchev–Trinajstić information content (AvgIpc) is 3.35. The average molecular weight is 491 g/mol. The maximum atomic E-state index is 12.7. The maximum absolute atomic E-state index is 12.7. The fourth-order valence-corrected chi connectivity index (χ4v) is 6.00.